The molecule has 0 unspecified atom stereocenters. The molecule has 118 valence electrons. The number of carbonyl (C=O) groups is 1. The van der Waals surface area contributed by atoms with Gasteiger partial charge >= 0.3 is 0 Å². The highest BCUT2D eigenvalue weighted by Crippen LogP contribution is 2.25. The van der Waals surface area contributed by atoms with Crippen LogP contribution in [0, 0.1) is 18.3 Å². The van der Waals surface area contributed by atoms with Gasteiger partial charge < -0.3 is 10.2 Å². The maximum absolute atomic E-state index is 12.1. The Balaban J connectivity index is 1.67. The van der Waals surface area contributed by atoms with E-state index >= 15 is 0 Å². The molecule has 3 rings (SSSR count). The van der Waals surface area contributed by atoms with E-state index in [4.69, 9.17) is 5.26 Å². The second-order valence-corrected chi connectivity index (χ2v) is 5.64. The van der Waals surface area contributed by atoms with Gasteiger partial charge in [0.15, 0.2) is 0 Å². The number of carbonyl (C=O) groups excluding carboxylic acids is 1. The molecular formula is C16H18N6O. The molecule has 0 bridgehead atoms. The highest BCUT2D eigenvalue weighted by molar-refractivity contribution is 5.91. The molecule has 1 saturated heterocycles. The van der Waals surface area contributed by atoms with Crippen LogP contribution in [0.2, 0.25) is 0 Å². The van der Waals surface area contributed by atoms with E-state index in [1.165, 1.54) is 29.4 Å². The average Bonchev–Trinajstić information content (AvgIpc) is 3.20. The van der Waals surface area contributed by atoms with Gasteiger partial charge in [0.1, 0.15) is 18.9 Å². The number of aromatic nitrogens is 3. The predicted octanol–water partition coefficient (Wildman–Crippen LogP) is 1.70. The van der Waals surface area contributed by atoms with Gasteiger partial charge in [0.25, 0.3) is 0 Å². The molecule has 1 aliphatic heterocycles. The third kappa shape index (κ3) is 3.31. The van der Waals surface area contributed by atoms with Crippen LogP contribution in [0.15, 0.2) is 24.5 Å². The lowest BCUT2D eigenvalue weighted by atomic mass is 10.1. The molecule has 7 nitrogen and oxygen atoms in total. The Hall–Kier alpha value is -2.88. The summed E-state index contributed by atoms with van der Waals surface area (Å²) >= 11 is 0. The first-order chi connectivity index (χ1) is 11.2. The van der Waals surface area contributed by atoms with Gasteiger partial charge in [-0.1, -0.05) is 0 Å². The number of hydrogen-bond donors (Lipinski definition) is 1. The van der Waals surface area contributed by atoms with Crippen molar-refractivity contribution < 1.29 is 4.79 Å². The lowest BCUT2D eigenvalue weighted by Crippen LogP contribution is -2.20. The second-order valence-electron chi connectivity index (χ2n) is 5.64. The van der Waals surface area contributed by atoms with Gasteiger partial charge in [-0.25, -0.2) is 0 Å². The molecule has 1 aliphatic rings. The second kappa shape index (κ2) is 6.48. The molecule has 0 radical (unpaired) electrons. The maximum atomic E-state index is 12.1. The summed E-state index contributed by atoms with van der Waals surface area (Å²) in [5.74, 6) is -0.0837. The first-order valence-electron chi connectivity index (χ1n) is 7.61. The number of nitrogens with one attached hydrogen (secondary N) is 1. The van der Waals surface area contributed by atoms with Crippen LogP contribution in [0.1, 0.15) is 24.2 Å². The largest absolute Gasteiger partial charge is 0.372 e. The molecule has 1 aromatic heterocycles. The molecule has 1 N–H and O–H groups in total. The quantitative estimate of drug-likeness (QED) is 0.928. The Morgan fingerprint density at radius 2 is 2.17 bits per heavy atom. The SMILES string of the molecule is Cc1cc(N2CCCC2)ccc1NC(=O)Cn1cnnc1C#N. The van der Waals surface area contributed by atoms with Crippen molar-refractivity contribution in [2.45, 2.75) is 26.3 Å². The van der Waals surface area contributed by atoms with E-state index in [2.05, 4.69) is 26.5 Å². The van der Waals surface area contributed by atoms with Crippen molar-refractivity contribution in [2.24, 2.45) is 0 Å². The molecule has 1 fully saturated rings. The third-order valence-corrected chi connectivity index (χ3v) is 3.98. The number of rotatable bonds is 4. The molecule has 1 amide bonds. The topological polar surface area (TPSA) is 86.8 Å². The standard InChI is InChI=1S/C16H18N6O/c1-12-8-13(21-6-2-3-7-21)4-5-14(12)19-16(23)10-22-11-18-20-15(22)9-17/h4-5,8,11H,2-3,6-7,10H2,1H3,(H,19,23). The van der Waals surface area contributed by atoms with E-state index < -0.39 is 0 Å². The van der Waals surface area contributed by atoms with Crippen molar-refractivity contribution in [3.05, 3.63) is 35.9 Å². The fourth-order valence-corrected chi connectivity index (χ4v) is 2.76. The number of benzene rings is 1. The fourth-order valence-electron chi connectivity index (χ4n) is 2.76. The number of anilines is 2. The van der Waals surface area contributed by atoms with Gasteiger partial charge in [-0.15, -0.1) is 10.2 Å². The number of aryl methyl sites for hydroxylation is 1. The Morgan fingerprint density at radius 3 is 2.87 bits per heavy atom. The van der Waals surface area contributed by atoms with Crippen molar-refractivity contribution in [1.82, 2.24) is 14.8 Å². The van der Waals surface area contributed by atoms with E-state index in [1.807, 2.05) is 25.1 Å². The van der Waals surface area contributed by atoms with Crippen molar-refractivity contribution in [3.63, 3.8) is 0 Å². The summed E-state index contributed by atoms with van der Waals surface area (Å²) in [6.45, 7) is 4.18. The van der Waals surface area contributed by atoms with Gasteiger partial charge in [-0.3, -0.25) is 9.36 Å². The van der Waals surface area contributed by atoms with Crippen LogP contribution in [0.25, 0.3) is 0 Å². The number of nitriles is 1. The molecule has 23 heavy (non-hydrogen) atoms. The molecular weight excluding hydrogens is 292 g/mol. The van der Waals surface area contributed by atoms with Gasteiger partial charge in [0, 0.05) is 24.5 Å². The zero-order valence-electron chi connectivity index (χ0n) is 13.0. The lowest BCUT2D eigenvalue weighted by molar-refractivity contribution is -0.116. The zero-order valence-corrected chi connectivity index (χ0v) is 13.0. The molecule has 2 aromatic rings. The van der Waals surface area contributed by atoms with E-state index in [-0.39, 0.29) is 18.3 Å². The summed E-state index contributed by atoms with van der Waals surface area (Å²) in [7, 11) is 0. The summed E-state index contributed by atoms with van der Waals surface area (Å²) in [4.78, 5) is 14.5. The molecule has 0 spiro atoms. The van der Waals surface area contributed by atoms with E-state index in [0.29, 0.717) is 0 Å². The monoisotopic (exact) mass is 310 g/mol. The van der Waals surface area contributed by atoms with Crippen LogP contribution in [-0.2, 0) is 11.3 Å². The average molecular weight is 310 g/mol. The number of nitrogens with zero attached hydrogens (tertiary/aromatic N) is 5. The summed E-state index contributed by atoms with van der Waals surface area (Å²) < 4.78 is 1.42. The molecule has 2 heterocycles. The highest BCUT2D eigenvalue weighted by Gasteiger charge is 2.14. The highest BCUT2D eigenvalue weighted by atomic mass is 16.1. The molecule has 0 saturated carbocycles. The van der Waals surface area contributed by atoms with Crippen LogP contribution < -0.4 is 10.2 Å². The summed E-state index contributed by atoms with van der Waals surface area (Å²) in [5.41, 5.74) is 3.00. The normalized spacial score (nSPS) is 13.8. The van der Waals surface area contributed by atoms with Gasteiger partial charge in [0.05, 0.1) is 0 Å². The van der Waals surface area contributed by atoms with Gasteiger partial charge in [-0.05, 0) is 43.5 Å². The first-order valence-corrected chi connectivity index (χ1v) is 7.61. The number of hydrogen-bond acceptors (Lipinski definition) is 5. The minimum atomic E-state index is -0.210. The van der Waals surface area contributed by atoms with Gasteiger partial charge in [-0.2, -0.15) is 5.26 Å². The van der Waals surface area contributed by atoms with Gasteiger partial charge in [0.2, 0.25) is 11.7 Å². The Bertz CT molecular complexity index is 754. The number of amides is 1. The Morgan fingerprint density at radius 1 is 1.39 bits per heavy atom. The smallest absolute Gasteiger partial charge is 0.244 e. The first kappa shape index (κ1) is 15.0. The minimum absolute atomic E-state index is 0.0171. The lowest BCUT2D eigenvalue weighted by Gasteiger charge is -2.19. The van der Waals surface area contributed by atoms with Crippen LogP contribution in [0.3, 0.4) is 0 Å². The van der Waals surface area contributed by atoms with E-state index in [0.717, 1.165) is 24.3 Å². The van der Waals surface area contributed by atoms with E-state index in [1.54, 1.807) is 0 Å². The zero-order chi connectivity index (χ0) is 16.2. The van der Waals surface area contributed by atoms with Crippen molar-refractivity contribution >= 4 is 17.3 Å². The summed E-state index contributed by atoms with van der Waals surface area (Å²) in [5, 5.41) is 19.0. The minimum Gasteiger partial charge on any atom is -0.372 e. The van der Waals surface area contributed by atoms with Crippen molar-refractivity contribution in [1.29, 1.82) is 5.26 Å². The van der Waals surface area contributed by atoms with Crippen LogP contribution in [0.5, 0.6) is 0 Å². The predicted molar refractivity (Wildman–Crippen MR) is 86.0 cm³/mol. The Labute approximate surface area is 134 Å². The van der Waals surface area contributed by atoms with Crippen LogP contribution in [0.4, 0.5) is 11.4 Å². The van der Waals surface area contributed by atoms with Crippen molar-refractivity contribution in [2.75, 3.05) is 23.3 Å². The van der Waals surface area contributed by atoms with Crippen LogP contribution >= 0.6 is 0 Å². The maximum Gasteiger partial charge on any atom is 0.244 e. The van der Waals surface area contributed by atoms with Crippen LogP contribution in [-0.4, -0.2) is 33.8 Å². The molecule has 7 heteroatoms. The fraction of sp³-hybridized carbons (Fsp3) is 0.375. The third-order valence-electron chi connectivity index (χ3n) is 3.98. The van der Waals surface area contributed by atoms with E-state index in [9.17, 15) is 4.79 Å². The molecule has 1 aromatic carbocycles. The molecule has 0 atom stereocenters. The molecule has 0 aliphatic carbocycles. The van der Waals surface area contributed by atoms with Crippen molar-refractivity contribution in [3.8, 4) is 6.07 Å². The summed E-state index contributed by atoms with van der Waals surface area (Å²) in [6.07, 6.45) is 3.84. The summed E-state index contributed by atoms with van der Waals surface area (Å²) in [6, 6.07) is 7.96. The Kier molecular flexibility index (Phi) is 4.24.